The van der Waals surface area contributed by atoms with Crippen LogP contribution < -0.4 is 4.72 Å². The first-order valence-corrected chi connectivity index (χ1v) is 8.47. The van der Waals surface area contributed by atoms with Crippen LogP contribution in [-0.4, -0.2) is 28.7 Å². The van der Waals surface area contributed by atoms with Crippen LogP contribution in [0.3, 0.4) is 0 Å². The molecule has 0 atom stereocenters. The molecule has 108 valence electrons. The Balaban J connectivity index is 1.91. The molecule has 3 N–H and O–H groups in total. The van der Waals surface area contributed by atoms with E-state index in [0.29, 0.717) is 10.8 Å². The van der Waals surface area contributed by atoms with E-state index in [2.05, 4.69) is 19.9 Å². The number of aryl methyl sites for hydroxylation is 3. The summed E-state index contributed by atoms with van der Waals surface area (Å²) in [6.07, 6.45) is 2.93. The molecule has 1 aliphatic carbocycles. The third-order valence-corrected chi connectivity index (χ3v) is 5.78. The second kappa shape index (κ2) is 4.83. The highest BCUT2D eigenvalue weighted by Crippen LogP contribution is 2.31. The molecule has 0 amide bonds. The number of aromatic amines is 1. The van der Waals surface area contributed by atoms with Crippen LogP contribution in [-0.2, 0) is 29.5 Å². The van der Waals surface area contributed by atoms with E-state index in [4.69, 9.17) is 0 Å². The van der Waals surface area contributed by atoms with Crippen LogP contribution in [0.25, 0.3) is 0 Å². The number of thiazole rings is 1. The summed E-state index contributed by atoms with van der Waals surface area (Å²) in [7, 11) is -3.83. The molecule has 1 aliphatic rings. The number of hydrogen-bond acceptors (Lipinski definition) is 6. The summed E-state index contributed by atoms with van der Waals surface area (Å²) in [6, 6.07) is 0. The number of nitrogens with zero attached hydrogens (tertiary/aromatic N) is 2. The van der Waals surface area contributed by atoms with Crippen molar-refractivity contribution in [2.24, 2.45) is 0 Å². The minimum Gasteiger partial charge on any atom is -0.392 e. The SMILES string of the molecule is Cc1[nH]nc(S(=O)(=O)Nc2nc3c(s2)CCC3)c1CO. The molecule has 0 saturated carbocycles. The maximum absolute atomic E-state index is 12.3. The fraction of sp³-hybridized carbons (Fsp3) is 0.455. The van der Waals surface area contributed by atoms with Crippen molar-refractivity contribution in [2.45, 2.75) is 37.8 Å². The number of fused-ring (bicyclic) bond motifs is 1. The van der Waals surface area contributed by atoms with Gasteiger partial charge in [-0.15, -0.1) is 11.3 Å². The van der Waals surface area contributed by atoms with Crippen LogP contribution in [0.5, 0.6) is 0 Å². The predicted octanol–water partition coefficient (Wildman–Crippen LogP) is 0.956. The van der Waals surface area contributed by atoms with Crippen molar-refractivity contribution < 1.29 is 13.5 Å². The third-order valence-electron chi connectivity index (χ3n) is 3.27. The number of hydrogen-bond donors (Lipinski definition) is 3. The lowest BCUT2D eigenvalue weighted by molar-refractivity contribution is 0.277. The Labute approximate surface area is 120 Å². The van der Waals surface area contributed by atoms with Crippen molar-refractivity contribution in [3.8, 4) is 0 Å². The molecule has 20 heavy (non-hydrogen) atoms. The van der Waals surface area contributed by atoms with E-state index < -0.39 is 10.0 Å². The van der Waals surface area contributed by atoms with Crippen molar-refractivity contribution in [3.05, 3.63) is 21.8 Å². The number of H-pyrrole nitrogens is 1. The second-order valence-electron chi connectivity index (χ2n) is 4.64. The highest BCUT2D eigenvalue weighted by atomic mass is 32.2. The van der Waals surface area contributed by atoms with Crippen molar-refractivity contribution in [3.63, 3.8) is 0 Å². The number of rotatable bonds is 4. The van der Waals surface area contributed by atoms with E-state index in [9.17, 15) is 13.5 Å². The number of aliphatic hydroxyl groups excluding tert-OH is 1. The van der Waals surface area contributed by atoms with E-state index in [1.54, 1.807) is 6.92 Å². The van der Waals surface area contributed by atoms with Gasteiger partial charge in [-0.1, -0.05) is 0 Å². The van der Waals surface area contributed by atoms with E-state index in [0.717, 1.165) is 29.8 Å². The van der Waals surface area contributed by atoms with Gasteiger partial charge >= 0.3 is 0 Å². The van der Waals surface area contributed by atoms with Gasteiger partial charge in [0.1, 0.15) is 0 Å². The Morgan fingerprint density at radius 1 is 1.45 bits per heavy atom. The molecule has 3 rings (SSSR count). The standard InChI is InChI=1S/C11H14N4O3S2/c1-6-7(5-16)10(14-13-6)20(17,18)15-11-12-8-3-2-4-9(8)19-11/h16H,2-5H2,1H3,(H,12,15)(H,13,14). The monoisotopic (exact) mass is 314 g/mol. The highest BCUT2D eigenvalue weighted by Gasteiger charge is 2.26. The zero-order valence-corrected chi connectivity index (χ0v) is 12.4. The lowest BCUT2D eigenvalue weighted by Crippen LogP contribution is -2.15. The summed E-state index contributed by atoms with van der Waals surface area (Å²) in [4.78, 5) is 5.43. The lowest BCUT2D eigenvalue weighted by atomic mass is 10.3. The van der Waals surface area contributed by atoms with Crippen molar-refractivity contribution in [1.82, 2.24) is 15.2 Å². The molecule has 0 unspecified atom stereocenters. The van der Waals surface area contributed by atoms with Crippen LogP contribution in [0.1, 0.15) is 28.2 Å². The Hall–Kier alpha value is -1.45. The van der Waals surface area contributed by atoms with Gasteiger partial charge in [0.15, 0.2) is 5.13 Å². The lowest BCUT2D eigenvalue weighted by Gasteiger charge is -2.04. The number of anilines is 1. The molecular weight excluding hydrogens is 300 g/mol. The molecule has 2 aromatic heterocycles. The van der Waals surface area contributed by atoms with Gasteiger partial charge in [0.2, 0.25) is 5.03 Å². The smallest absolute Gasteiger partial charge is 0.283 e. The fourth-order valence-electron chi connectivity index (χ4n) is 2.24. The summed E-state index contributed by atoms with van der Waals surface area (Å²) < 4.78 is 27.0. The zero-order valence-electron chi connectivity index (χ0n) is 10.8. The van der Waals surface area contributed by atoms with E-state index in [1.165, 1.54) is 11.3 Å². The van der Waals surface area contributed by atoms with Gasteiger partial charge in [-0.05, 0) is 26.2 Å². The molecule has 0 aromatic carbocycles. The topological polar surface area (TPSA) is 108 Å². The molecular formula is C11H14N4O3S2. The summed E-state index contributed by atoms with van der Waals surface area (Å²) in [6.45, 7) is 1.28. The Kier molecular flexibility index (Phi) is 3.27. The minimum atomic E-state index is -3.83. The Morgan fingerprint density at radius 2 is 2.25 bits per heavy atom. The van der Waals surface area contributed by atoms with Gasteiger partial charge in [-0.2, -0.15) is 13.5 Å². The summed E-state index contributed by atoms with van der Waals surface area (Å²) >= 11 is 1.36. The Morgan fingerprint density at radius 3 is 2.95 bits per heavy atom. The van der Waals surface area contributed by atoms with Crippen molar-refractivity contribution in [1.29, 1.82) is 0 Å². The number of aliphatic hydroxyl groups is 1. The first-order valence-electron chi connectivity index (χ1n) is 6.17. The normalized spacial score (nSPS) is 14.5. The van der Waals surface area contributed by atoms with Crippen LogP contribution >= 0.6 is 11.3 Å². The van der Waals surface area contributed by atoms with E-state index >= 15 is 0 Å². The Bertz CT molecular complexity index is 726. The molecule has 0 spiro atoms. The number of nitrogens with one attached hydrogen (secondary N) is 2. The molecule has 2 aromatic rings. The largest absolute Gasteiger partial charge is 0.392 e. The van der Waals surface area contributed by atoms with Gasteiger partial charge in [0.25, 0.3) is 10.0 Å². The minimum absolute atomic E-state index is 0.173. The average Bonchev–Trinajstić information content (AvgIpc) is 3.02. The molecule has 0 fully saturated rings. The maximum Gasteiger partial charge on any atom is 0.283 e. The van der Waals surface area contributed by atoms with Gasteiger partial charge in [-0.25, -0.2) is 4.98 Å². The van der Waals surface area contributed by atoms with Crippen LogP contribution in [0.15, 0.2) is 5.03 Å². The van der Waals surface area contributed by atoms with E-state index in [-0.39, 0.29) is 17.2 Å². The molecule has 0 radical (unpaired) electrons. The molecule has 0 aliphatic heterocycles. The quantitative estimate of drug-likeness (QED) is 0.779. The molecule has 0 bridgehead atoms. The van der Waals surface area contributed by atoms with Gasteiger partial charge < -0.3 is 5.11 Å². The summed E-state index contributed by atoms with van der Waals surface area (Å²) in [5.41, 5.74) is 1.80. The zero-order chi connectivity index (χ0) is 14.3. The van der Waals surface area contributed by atoms with E-state index in [1.807, 2.05) is 0 Å². The molecule has 9 heteroatoms. The first-order chi connectivity index (χ1) is 9.51. The first kappa shape index (κ1) is 13.5. The van der Waals surface area contributed by atoms with Gasteiger partial charge in [-0.3, -0.25) is 9.82 Å². The van der Waals surface area contributed by atoms with Crippen molar-refractivity contribution >= 4 is 26.5 Å². The maximum atomic E-state index is 12.3. The predicted molar refractivity (Wildman–Crippen MR) is 74.2 cm³/mol. The van der Waals surface area contributed by atoms with Crippen LogP contribution in [0.4, 0.5) is 5.13 Å². The highest BCUT2D eigenvalue weighted by molar-refractivity contribution is 7.92. The average molecular weight is 314 g/mol. The number of aromatic nitrogens is 3. The molecule has 0 saturated heterocycles. The summed E-state index contributed by atoms with van der Waals surface area (Å²) in [5, 5.41) is 15.8. The van der Waals surface area contributed by atoms with Crippen LogP contribution in [0.2, 0.25) is 0 Å². The third kappa shape index (κ3) is 2.21. The van der Waals surface area contributed by atoms with Gasteiger partial charge in [0.05, 0.1) is 12.3 Å². The second-order valence-corrected chi connectivity index (χ2v) is 7.32. The molecule has 7 nitrogen and oxygen atoms in total. The summed E-state index contributed by atoms with van der Waals surface area (Å²) in [5.74, 6) is 0. The fourth-order valence-corrected chi connectivity index (χ4v) is 4.71. The molecule has 2 heterocycles. The van der Waals surface area contributed by atoms with Crippen LogP contribution in [0, 0.1) is 6.92 Å². The van der Waals surface area contributed by atoms with Crippen molar-refractivity contribution in [2.75, 3.05) is 4.72 Å². The van der Waals surface area contributed by atoms with Gasteiger partial charge in [0, 0.05) is 16.1 Å². The number of sulfonamides is 1.